The number of aliphatic hydroxyl groups excluding tert-OH is 1. The van der Waals surface area contributed by atoms with Crippen molar-refractivity contribution in [3.63, 3.8) is 0 Å². The summed E-state index contributed by atoms with van der Waals surface area (Å²) < 4.78 is 0. The van der Waals surface area contributed by atoms with Crippen molar-refractivity contribution in [3.8, 4) is 0 Å². The summed E-state index contributed by atoms with van der Waals surface area (Å²) in [6.07, 6.45) is 4.66. The molecule has 3 N–H and O–H groups in total. The quantitative estimate of drug-likeness (QED) is 0.867. The van der Waals surface area contributed by atoms with Gasteiger partial charge in [0.1, 0.15) is 5.82 Å². The SMILES string of the molecule is CC(C)C[C@H](O)C1CCN(Cc2cccnc2N)CC1. The van der Waals surface area contributed by atoms with Crippen LogP contribution in [-0.2, 0) is 6.54 Å². The van der Waals surface area contributed by atoms with Gasteiger partial charge in [0.05, 0.1) is 6.10 Å². The Labute approximate surface area is 122 Å². The number of anilines is 1. The topological polar surface area (TPSA) is 62.4 Å². The highest BCUT2D eigenvalue weighted by Gasteiger charge is 2.25. The Kier molecular flexibility index (Phi) is 5.38. The van der Waals surface area contributed by atoms with Gasteiger partial charge in [0.15, 0.2) is 0 Å². The summed E-state index contributed by atoms with van der Waals surface area (Å²) in [6.45, 7) is 7.28. The van der Waals surface area contributed by atoms with E-state index in [1.165, 1.54) is 0 Å². The molecule has 1 aliphatic rings. The maximum atomic E-state index is 10.2. The van der Waals surface area contributed by atoms with Crippen molar-refractivity contribution < 1.29 is 5.11 Å². The first-order chi connectivity index (χ1) is 9.56. The molecule has 0 unspecified atom stereocenters. The minimum atomic E-state index is -0.138. The number of nitrogen functional groups attached to an aromatic ring is 1. The Bertz CT molecular complexity index is 414. The third-order valence-corrected chi connectivity index (χ3v) is 4.21. The van der Waals surface area contributed by atoms with Crippen molar-refractivity contribution in [1.82, 2.24) is 9.88 Å². The van der Waals surface area contributed by atoms with Gasteiger partial charge in [-0.15, -0.1) is 0 Å². The second-order valence-electron chi connectivity index (χ2n) is 6.36. The monoisotopic (exact) mass is 277 g/mol. The molecule has 0 bridgehead atoms. The standard InChI is InChI=1S/C16H27N3O/c1-12(2)10-15(20)13-5-8-19(9-6-13)11-14-4-3-7-18-16(14)17/h3-4,7,12-13,15,20H,5-6,8-11H2,1-2H3,(H2,17,18)/t15-/m0/s1. The van der Waals surface area contributed by atoms with E-state index in [-0.39, 0.29) is 6.10 Å². The molecule has 1 aromatic rings. The lowest BCUT2D eigenvalue weighted by molar-refractivity contribution is 0.0437. The van der Waals surface area contributed by atoms with Gasteiger partial charge in [-0.3, -0.25) is 4.90 Å². The molecule has 112 valence electrons. The predicted octanol–water partition coefficient (Wildman–Crippen LogP) is 2.28. The van der Waals surface area contributed by atoms with E-state index in [1.54, 1.807) is 6.20 Å². The zero-order valence-corrected chi connectivity index (χ0v) is 12.6. The number of hydrogen-bond donors (Lipinski definition) is 2. The second kappa shape index (κ2) is 7.04. The lowest BCUT2D eigenvalue weighted by atomic mass is 9.87. The summed E-state index contributed by atoms with van der Waals surface area (Å²) in [5.74, 6) is 1.66. The molecule has 0 aromatic carbocycles. The fourth-order valence-electron chi connectivity index (χ4n) is 3.00. The third kappa shape index (κ3) is 4.18. The summed E-state index contributed by atoms with van der Waals surface area (Å²) >= 11 is 0. The Morgan fingerprint density at radius 1 is 1.40 bits per heavy atom. The summed E-state index contributed by atoms with van der Waals surface area (Å²) in [6, 6.07) is 3.98. The van der Waals surface area contributed by atoms with Crippen molar-refractivity contribution in [3.05, 3.63) is 23.9 Å². The van der Waals surface area contributed by atoms with Gasteiger partial charge >= 0.3 is 0 Å². The Morgan fingerprint density at radius 3 is 2.70 bits per heavy atom. The second-order valence-corrected chi connectivity index (χ2v) is 6.36. The van der Waals surface area contributed by atoms with E-state index in [2.05, 4.69) is 23.7 Å². The van der Waals surface area contributed by atoms with Gasteiger partial charge in [-0.05, 0) is 50.3 Å². The van der Waals surface area contributed by atoms with Crippen LogP contribution in [0, 0.1) is 11.8 Å². The first kappa shape index (κ1) is 15.3. The van der Waals surface area contributed by atoms with Crippen molar-refractivity contribution in [2.45, 2.75) is 45.8 Å². The third-order valence-electron chi connectivity index (χ3n) is 4.21. The first-order valence-electron chi connectivity index (χ1n) is 7.66. The number of nitrogens with zero attached hydrogens (tertiary/aromatic N) is 2. The van der Waals surface area contributed by atoms with Gasteiger partial charge in [-0.1, -0.05) is 19.9 Å². The number of pyridine rings is 1. The van der Waals surface area contributed by atoms with Gasteiger partial charge in [0.25, 0.3) is 0 Å². The average Bonchev–Trinajstić information content (AvgIpc) is 2.41. The zero-order valence-electron chi connectivity index (χ0n) is 12.6. The fourth-order valence-corrected chi connectivity index (χ4v) is 3.00. The summed E-state index contributed by atoms with van der Waals surface area (Å²) in [7, 11) is 0. The van der Waals surface area contributed by atoms with Gasteiger partial charge in [-0.25, -0.2) is 4.98 Å². The number of aromatic nitrogens is 1. The maximum Gasteiger partial charge on any atom is 0.127 e. The molecule has 1 saturated heterocycles. The molecule has 1 aliphatic heterocycles. The van der Waals surface area contributed by atoms with Gasteiger partial charge in [0.2, 0.25) is 0 Å². The minimum Gasteiger partial charge on any atom is -0.393 e. The molecule has 4 heteroatoms. The van der Waals surface area contributed by atoms with Gasteiger partial charge in [0, 0.05) is 18.3 Å². The van der Waals surface area contributed by atoms with Gasteiger partial charge in [-0.2, -0.15) is 0 Å². The van der Waals surface area contributed by atoms with E-state index < -0.39 is 0 Å². The predicted molar refractivity (Wildman–Crippen MR) is 82.1 cm³/mol. The zero-order chi connectivity index (χ0) is 14.5. The van der Waals surface area contributed by atoms with Crippen LogP contribution in [0.5, 0.6) is 0 Å². The molecule has 1 atom stereocenters. The highest BCUT2D eigenvalue weighted by molar-refractivity contribution is 5.38. The van der Waals surface area contributed by atoms with Crippen molar-refractivity contribution >= 4 is 5.82 Å². The fraction of sp³-hybridized carbons (Fsp3) is 0.688. The Hall–Kier alpha value is -1.13. The van der Waals surface area contributed by atoms with Crippen LogP contribution in [0.4, 0.5) is 5.82 Å². The number of hydrogen-bond acceptors (Lipinski definition) is 4. The number of nitrogens with two attached hydrogens (primary N) is 1. The van der Waals surface area contributed by atoms with Crippen LogP contribution in [0.15, 0.2) is 18.3 Å². The molecule has 0 spiro atoms. The van der Waals surface area contributed by atoms with E-state index in [4.69, 9.17) is 5.73 Å². The largest absolute Gasteiger partial charge is 0.393 e. The van der Waals surface area contributed by atoms with E-state index >= 15 is 0 Å². The number of piperidine rings is 1. The van der Waals surface area contributed by atoms with E-state index in [0.29, 0.717) is 17.7 Å². The van der Waals surface area contributed by atoms with E-state index in [9.17, 15) is 5.11 Å². The molecule has 4 nitrogen and oxygen atoms in total. The van der Waals surface area contributed by atoms with Crippen LogP contribution >= 0.6 is 0 Å². The van der Waals surface area contributed by atoms with E-state index in [0.717, 1.165) is 44.5 Å². The molecule has 1 aromatic heterocycles. The smallest absolute Gasteiger partial charge is 0.127 e. The molecule has 1 fully saturated rings. The molecular weight excluding hydrogens is 250 g/mol. The molecule has 0 radical (unpaired) electrons. The lowest BCUT2D eigenvalue weighted by Crippen LogP contribution is -2.37. The molecule has 2 heterocycles. The van der Waals surface area contributed by atoms with Crippen LogP contribution in [0.2, 0.25) is 0 Å². The van der Waals surface area contributed by atoms with Crippen molar-refractivity contribution in [2.75, 3.05) is 18.8 Å². The summed E-state index contributed by atoms with van der Waals surface area (Å²) in [4.78, 5) is 6.54. The normalized spacial score (nSPS) is 19.4. The maximum absolute atomic E-state index is 10.2. The van der Waals surface area contributed by atoms with Crippen LogP contribution in [0.25, 0.3) is 0 Å². The summed E-state index contributed by atoms with van der Waals surface area (Å²) in [5, 5.41) is 10.2. The summed E-state index contributed by atoms with van der Waals surface area (Å²) in [5.41, 5.74) is 7.00. The molecular formula is C16H27N3O. The molecule has 0 aliphatic carbocycles. The van der Waals surface area contributed by atoms with Crippen molar-refractivity contribution in [1.29, 1.82) is 0 Å². The highest BCUT2D eigenvalue weighted by atomic mass is 16.3. The molecule has 20 heavy (non-hydrogen) atoms. The van der Waals surface area contributed by atoms with Crippen LogP contribution in [0.3, 0.4) is 0 Å². The molecule has 0 amide bonds. The first-order valence-corrected chi connectivity index (χ1v) is 7.66. The molecule has 2 rings (SSSR count). The number of rotatable bonds is 5. The van der Waals surface area contributed by atoms with Crippen LogP contribution in [0.1, 0.15) is 38.7 Å². The Morgan fingerprint density at radius 2 is 2.10 bits per heavy atom. The Balaban J connectivity index is 1.81. The lowest BCUT2D eigenvalue weighted by Gasteiger charge is -2.34. The van der Waals surface area contributed by atoms with Gasteiger partial charge < -0.3 is 10.8 Å². The van der Waals surface area contributed by atoms with Crippen molar-refractivity contribution in [2.24, 2.45) is 11.8 Å². The van der Waals surface area contributed by atoms with E-state index in [1.807, 2.05) is 12.1 Å². The highest BCUT2D eigenvalue weighted by Crippen LogP contribution is 2.25. The average molecular weight is 277 g/mol. The number of likely N-dealkylation sites (tertiary alicyclic amines) is 1. The molecule has 0 saturated carbocycles. The number of aliphatic hydroxyl groups is 1. The van der Waals surface area contributed by atoms with Crippen LogP contribution in [-0.4, -0.2) is 34.2 Å². The minimum absolute atomic E-state index is 0.138. The van der Waals surface area contributed by atoms with Crippen LogP contribution < -0.4 is 5.73 Å².